The number of benzene rings is 2. The summed E-state index contributed by atoms with van der Waals surface area (Å²) >= 11 is 0. The normalized spacial score (nSPS) is 13.2. The smallest absolute Gasteiger partial charge is 0.235 e. The second kappa shape index (κ2) is 7.87. The van der Waals surface area contributed by atoms with Gasteiger partial charge in [0.15, 0.2) is 0 Å². The van der Waals surface area contributed by atoms with E-state index in [1.54, 1.807) is 24.3 Å². The molecule has 0 spiro atoms. The van der Waals surface area contributed by atoms with Crippen molar-refractivity contribution in [2.45, 2.75) is 12.8 Å². The molecule has 2 aromatic rings. The molecule has 7 nitrogen and oxygen atoms in total. The minimum Gasteiger partial charge on any atom is -0.497 e. The molecule has 0 atom stereocenters. The molecule has 0 saturated carbocycles. The van der Waals surface area contributed by atoms with E-state index in [0.717, 1.165) is 5.56 Å². The number of anilines is 2. The predicted octanol–water partition coefficient (Wildman–Crippen LogP) is 2.42. The molecule has 3 rings (SSSR count). The number of ether oxygens (including phenoxy) is 2. The fourth-order valence-electron chi connectivity index (χ4n) is 3.05. The van der Waals surface area contributed by atoms with Crippen molar-refractivity contribution >= 4 is 27.3 Å². The predicted molar refractivity (Wildman–Crippen MR) is 104 cm³/mol. The number of nitrogens with zero attached hydrogens (tertiary/aromatic N) is 1. The lowest BCUT2D eigenvalue weighted by atomic mass is 10.2. The Balaban J connectivity index is 1.66. The number of hydrogen-bond donors (Lipinski definition) is 1. The van der Waals surface area contributed by atoms with E-state index in [-0.39, 0.29) is 12.2 Å². The molecule has 0 aromatic heterocycles. The van der Waals surface area contributed by atoms with Crippen LogP contribution in [0.3, 0.4) is 0 Å². The molecule has 8 heteroatoms. The Labute approximate surface area is 158 Å². The number of hydrogen-bond acceptors (Lipinski definition) is 5. The van der Waals surface area contributed by atoms with Crippen molar-refractivity contribution in [2.24, 2.45) is 0 Å². The van der Waals surface area contributed by atoms with E-state index in [4.69, 9.17) is 9.47 Å². The Morgan fingerprint density at radius 2 is 1.93 bits per heavy atom. The average molecular weight is 390 g/mol. The molecule has 27 heavy (non-hydrogen) atoms. The van der Waals surface area contributed by atoms with Gasteiger partial charge in [0.1, 0.15) is 11.5 Å². The van der Waals surface area contributed by atoms with Crippen LogP contribution in [0.2, 0.25) is 0 Å². The lowest BCUT2D eigenvalue weighted by molar-refractivity contribution is -0.115. The maximum Gasteiger partial charge on any atom is 0.235 e. The van der Waals surface area contributed by atoms with Gasteiger partial charge >= 0.3 is 0 Å². The van der Waals surface area contributed by atoms with Crippen molar-refractivity contribution in [3.63, 3.8) is 0 Å². The van der Waals surface area contributed by atoms with Crippen LogP contribution in [-0.4, -0.2) is 40.8 Å². The monoisotopic (exact) mass is 390 g/mol. The van der Waals surface area contributed by atoms with Gasteiger partial charge in [-0.1, -0.05) is 18.2 Å². The minimum absolute atomic E-state index is 0.151. The maximum atomic E-state index is 12.7. The number of carbonyl (C=O) groups is 1. The Morgan fingerprint density at radius 3 is 2.67 bits per heavy atom. The van der Waals surface area contributed by atoms with Gasteiger partial charge in [-0.05, 0) is 30.2 Å². The number of carbonyl (C=O) groups excluding carboxylic acids is 1. The second-order valence-electron chi connectivity index (χ2n) is 6.13. The van der Waals surface area contributed by atoms with Gasteiger partial charge in [0.2, 0.25) is 15.9 Å². The zero-order chi connectivity index (χ0) is 19.4. The summed E-state index contributed by atoms with van der Waals surface area (Å²) in [5.41, 5.74) is 2.14. The maximum absolute atomic E-state index is 12.7. The third kappa shape index (κ3) is 4.16. The molecule has 2 aromatic carbocycles. The fourth-order valence-corrected chi connectivity index (χ4v) is 4.56. The van der Waals surface area contributed by atoms with Crippen molar-refractivity contribution in [1.82, 2.24) is 0 Å². The Hall–Kier alpha value is -2.74. The van der Waals surface area contributed by atoms with Gasteiger partial charge in [-0.3, -0.25) is 9.10 Å². The third-order valence-corrected chi connectivity index (χ3v) is 6.22. The van der Waals surface area contributed by atoms with Crippen molar-refractivity contribution in [3.05, 3.63) is 48.0 Å². The fraction of sp³-hybridized carbons (Fsp3) is 0.316. The quantitative estimate of drug-likeness (QED) is 0.785. The highest BCUT2D eigenvalue weighted by Gasteiger charge is 2.29. The zero-order valence-electron chi connectivity index (χ0n) is 15.3. The first-order valence-electron chi connectivity index (χ1n) is 8.55. The SMILES string of the molecule is COc1ccc(OC)c(NC(=O)CCS(=O)(=O)N2CCc3ccccc32)c1. The van der Waals surface area contributed by atoms with E-state index in [1.807, 2.05) is 18.2 Å². The third-order valence-electron chi connectivity index (χ3n) is 4.45. The van der Waals surface area contributed by atoms with Gasteiger partial charge in [-0.2, -0.15) is 0 Å². The van der Waals surface area contributed by atoms with Crippen molar-refractivity contribution in [2.75, 3.05) is 36.1 Å². The number of methoxy groups -OCH3 is 2. The molecule has 1 aliphatic heterocycles. The number of fused-ring (bicyclic) bond motifs is 1. The standard InChI is InChI=1S/C19H22N2O5S/c1-25-15-7-8-18(26-2)16(13-15)20-19(22)10-12-27(23,24)21-11-9-14-5-3-4-6-17(14)21/h3-8,13H,9-12H2,1-2H3,(H,20,22). The number of sulfonamides is 1. The topological polar surface area (TPSA) is 84.9 Å². The summed E-state index contributed by atoms with van der Waals surface area (Å²) in [5, 5.41) is 2.69. The van der Waals surface area contributed by atoms with Gasteiger partial charge in [0.25, 0.3) is 0 Å². The van der Waals surface area contributed by atoms with E-state index < -0.39 is 15.9 Å². The Kier molecular flexibility index (Phi) is 5.55. The largest absolute Gasteiger partial charge is 0.497 e. The summed E-state index contributed by atoms with van der Waals surface area (Å²) in [6.45, 7) is 0.410. The highest BCUT2D eigenvalue weighted by Crippen LogP contribution is 2.31. The first-order chi connectivity index (χ1) is 12.9. The Bertz CT molecular complexity index is 943. The first-order valence-corrected chi connectivity index (χ1v) is 10.2. The molecule has 0 bridgehead atoms. The molecule has 1 amide bonds. The molecular weight excluding hydrogens is 368 g/mol. The lowest BCUT2D eigenvalue weighted by Crippen LogP contribution is -2.32. The van der Waals surface area contributed by atoms with Crippen molar-refractivity contribution < 1.29 is 22.7 Å². The van der Waals surface area contributed by atoms with Crippen LogP contribution in [0.4, 0.5) is 11.4 Å². The second-order valence-corrected chi connectivity index (χ2v) is 8.14. The van der Waals surface area contributed by atoms with Gasteiger partial charge in [0.05, 0.1) is 31.3 Å². The van der Waals surface area contributed by atoms with Gasteiger partial charge < -0.3 is 14.8 Å². The van der Waals surface area contributed by atoms with Crippen molar-refractivity contribution in [3.8, 4) is 11.5 Å². The van der Waals surface area contributed by atoms with Crippen LogP contribution in [0.15, 0.2) is 42.5 Å². The van der Waals surface area contributed by atoms with Gasteiger partial charge in [-0.25, -0.2) is 8.42 Å². The Morgan fingerprint density at radius 1 is 1.15 bits per heavy atom. The van der Waals surface area contributed by atoms with Crippen LogP contribution in [0.25, 0.3) is 0 Å². The summed E-state index contributed by atoms with van der Waals surface area (Å²) in [5.74, 6) is 0.366. The molecule has 0 fully saturated rings. The number of nitrogens with one attached hydrogen (secondary N) is 1. The molecule has 0 radical (unpaired) electrons. The van der Waals surface area contributed by atoms with E-state index in [9.17, 15) is 13.2 Å². The molecule has 1 heterocycles. The first kappa shape index (κ1) is 19.0. The summed E-state index contributed by atoms with van der Waals surface area (Å²) in [7, 11) is -0.558. The highest BCUT2D eigenvalue weighted by atomic mass is 32.2. The summed E-state index contributed by atoms with van der Waals surface area (Å²) in [4.78, 5) is 12.3. The van der Waals surface area contributed by atoms with Gasteiger partial charge in [0, 0.05) is 19.0 Å². The lowest BCUT2D eigenvalue weighted by Gasteiger charge is -2.19. The van der Waals surface area contributed by atoms with Crippen LogP contribution >= 0.6 is 0 Å². The molecule has 1 aliphatic rings. The number of rotatable bonds is 7. The molecule has 0 saturated heterocycles. The van der Waals surface area contributed by atoms with Crippen molar-refractivity contribution in [1.29, 1.82) is 0 Å². The minimum atomic E-state index is -3.57. The summed E-state index contributed by atoms with van der Waals surface area (Å²) in [6, 6.07) is 12.4. The molecular formula is C19H22N2O5S. The average Bonchev–Trinajstić information content (AvgIpc) is 3.11. The zero-order valence-corrected chi connectivity index (χ0v) is 16.1. The van der Waals surface area contributed by atoms with Crippen LogP contribution in [-0.2, 0) is 21.2 Å². The molecule has 0 aliphatic carbocycles. The molecule has 1 N–H and O–H groups in total. The van der Waals surface area contributed by atoms with E-state index in [2.05, 4.69) is 5.32 Å². The van der Waals surface area contributed by atoms with Crippen LogP contribution in [0.1, 0.15) is 12.0 Å². The molecule has 0 unspecified atom stereocenters. The number of amides is 1. The number of para-hydroxylation sites is 1. The van der Waals surface area contributed by atoms with Crippen LogP contribution in [0, 0.1) is 0 Å². The highest BCUT2D eigenvalue weighted by molar-refractivity contribution is 7.92. The van der Waals surface area contributed by atoms with E-state index in [0.29, 0.717) is 35.8 Å². The van der Waals surface area contributed by atoms with Crippen LogP contribution in [0.5, 0.6) is 11.5 Å². The summed E-state index contributed by atoms with van der Waals surface area (Å²) < 4.78 is 37.1. The van der Waals surface area contributed by atoms with Gasteiger partial charge in [-0.15, -0.1) is 0 Å². The summed E-state index contributed by atoms with van der Waals surface area (Å²) in [6.07, 6.45) is 0.532. The molecule has 144 valence electrons. The van der Waals surface area contributed by atoms with E-state index in [1.165, 1.54) is 18.5 Å². The van der Waals surface area contributed by atoms with Crippen LogP contribution < -0.4 is 19.1 Å². The van der Waals surface area contributed by atoms with E-state index >= 15 is 0 Å².